The van der Waals surface area contributed by atoms with E-state index in [1.807, 2.05) is 13.8 Å². The molecule has 2 fully saturated rings. The minimum atomic E-state index is -1.55. The molecule has 0 radical (unpaired) electrons. The van der Waals surface area contributed by atoms with Crippen LogP contribution in [0.2, 0.25) is 0 Å². The first-order valence-electron chi connectivity index (χ1n) is 10.5. The molecule has 178 valence electrons. The average Bonchev–Trinajstić information content (AvgIpc) is 2.76. The molecule has 7 N–H and O–H groups in total. The van der Waals surface area contributed by atoms with Crippen molar-refractivity contribution in [2.24, 2.45) is 5.92 Å². The van der Waals surface area contributed by atoms with Gasteiger partial charge in [0.15, 0.2) is 6.29 Å². The zero-order valence-corrected chi connectivity index (χ0v) is 17.7. The van der Waals surface area contributed by atoms with Crippen molar-refractivity contribution in [3.63, 3.8) is 0 Å². The number of rotatable bonds is 10. The molecule has 0 aliphatic carbocycles. The molecular weight excluding hydrogens is 402 g/mol. The summed E-state index contributed by atoms with van der Waals surface area (Å²) in [7, 11) is 1.52. The van der Waals surface area contributed by atoms with Crippen LogP contribution in [0.5, 0.6) is 0 Å². The fourth-order valence-corrected chi connectivity index (χ4v) is 3.79. The lowest BCUT2D eigenvalue weighted by Gasteiger charge is -2.46. The van der Waals surface area contributed by atoms with E-state index in [-0.39, 0.29) is 5.92 Å². The van der Waals surface area contributed by atoms with Crippen molar-refractivity contribution in [2.75, 3.05) is 26.9 Å². The molecule has 0 aromatic heterocycles. The number of aliphatic hydroxyl groups excluding tert-OH is 6. The van der Waals surface area contributed by atoms with Crippen LogP contribution in [-0.2, 0) is 18.9 Å². The Labute approximate surface area is 176 Å². The highest BCUT2D eigenvalue weighted by molar-refractivity contribution is 4.95. The molecule has 11 heteroatoms. The lowest BCUT2D eigenvalue weighted by molar-refractivity contribution is -0.346. The van der Waals surface area contributed by atoms with Crippen LogP contribution in [0.4, 0.5) is 0 Å². The first kappa shape index (κ1) is 25.8. The van der Waals surface area contributed by atoms with Crippen LogP contribution in [0, 0.1) is 5.92 Å². The predicted molar refractivity (Wildman–Crippen MR) is 103 cm³/mol. The summed E-state index contributed by atoms with van der Waals surface area (Å²) in [5.74, 6) is 0.268. The van der Waals surface area contributed by atoms with Gasteiger partial charge >= 0.3 is 0 Å². The van der Waals surface area contributed by atoms with E-state index >= 15 is 0 Å². The van der Waals surface area contributed by atoms with Crippen LogP contribution >= 0.6 is 0 Å². The van der Waals surface area contributed by atoms with Gasteiger partial charge < -0.3 is 49.6 Å². The highest BCUT2D eigenvalue weighted by atomic mass is 16.7. The third kappa shape index (κ3) is 5.67. The molecule has 2 heterocycles. The van der Waals surface area contributed by atoms with Crippen molar-refractivity contribution in [1.29, 1.82) is 0 Å². The fourth-order valence-electron chi connectivity index (χ4n) is 3.79. The smallest absolute Gasteiger partial charge is 0.187 e. The summed E-state index contributed by atoms with van der Waals surface area (Å²) in [5, 5.41) is 63.7. The van der Waals surface area contributed by atoms with Crippen molar-refractivity contribution >= 4 is 0 Å². The second kappa shape index (κ2) is 12.0. The number of hydrogen-bond acceptors (Lipinski definition) is 11. The van der Waals surface area contributed by atoms with E-state index in [2.05, 4.69) is 5.32 Å². The Morgan fingerprint density at radius 3 is 1.93 bits per heavy atom. The normalized spacial score (nSPS) is 42.6. The van der Waals surface area contributed by atoms with Crippen LogP contribution in [-0.4, -0.2) is 119 Å². The maximum Gasteiger partial charge on any atom is 0.187 e. The van der Waals surface area contributed by atoms with E-state index in [0.717, 1.165) is 12.8 Å². The summed E-state index contributed by atoms with van der Waals surface area (Å²) >= 11 is 0. The molecule has 10 unspecified atom stereocenters. The van der Waals surface area contributed by atoms with Gasteiger partial charge in [0, 0.05) is 0 Å². The maximum absolute atomic E-state index is 10.6. The molecule has 30 heavy (non-hydrogen) atoms. The summed E-state index contributed by atoms with van der Waals surface area (Å²) in [6.45, 7) is 3.37. The van der Waals surface area contributed by atoms with E-state index in [1.165, 1.54) is 7.05 Å². The third-order valence-corrected chi connectivity index (χ3v) is 5.94. The predicted octanol–water partition coefficient (Wildman–Crippen LogP) is -2.71. The Balaban J connectivity index is 2.08. The van der Waals surface area contributed by atoms with E-state index in [1.54, 1.807) is 0 Å². The largest absolute Gasteiger partial charge is 0.394 e. The number of nitrogens with one attached hydrogen (secondary N) is 1. The second-order valence-corrected chi connectivity index (χ2v) is 7.84. The molecule has 11 nitrogen and oxygen atoms in total. The molecular formula is C19H37NO10. The van der Waals surface area contributed by atoms with Crippen LogP contribution in [0.25, 0.3) is 0 Å². The van der Waals surface area contributed by atoms with E-state index in [4.69, 9.17) is 18.9 Å². The van der Waals surface area contributed by atoms with Gasteiger partial charge in [0.1, 0.15) is 55.1 Å². The lowest BCUT2D eigenvalue weighted by Crippen LogP contribution is -2.66. The van der Waals surface area contributed by atoms with Crippen molar-refractivity contribution < 1.29 is 49.6 Å². The van der Waals surface area contributed by atoms with Gasteiger partial charge in [-0.25, -0.2) is 0 Å². The summed E-state index contributed by atoms with van der Waals surface area (Å²) in [6, 6.07) is 0. The highest BCUT2D eigenvalue weighted by Crippen LogP contribution is 2.30. The Morgan fingerprint density at radius 1 is 0.833 bits per heavy atom. The van der Waals surface area contributed by atoms with Crippen LogP contribution in [0.3, 0.4) is 0 Å². The van der Waals surface area contributed by atoms with Gasteiger partial charge in [-0.3, -0.25) is 5.32 Å². The zero-order chi connectivity index (χ0) is 22.4. The first-order valence-corrected chi connectivity index (χ1v) is 10.5. The van der Waals surface area contributed by atoms with Gasteiger partial charge in [0.2, 0.25) is 0 Å². The van der Waals surface area contributed by atoms with E-state index in [0.29, 0.717) is 6.61 Å². The highest BCUT2D eigenvalue weighted by Gasteiger charge is 2.50. The third-order valence-electron chi connectivity index (χ3n) is 5.94. The molecule has 2 aliphatic rings. The minimum absolute atomic E-state index is 0.268. The summed E-state index contributed by atoms with van der Waals surface area (Å²) in [4.78, 5) is 0. The van der Waals surface area contributed by atoms with Gasteiger partial charge in [-0.05, 0) is 13.0 Å². The molecule has 0 amide bonds. The number of aliphatic hydroxyl groups is 6. The quantitative estimate of drug-likeness (QED) is 0.189. The molecule has 10 atom stereocenters. The number of likely N-dealkylation sites (N-methyl/N-ethyl adjacent to an activating group) is 1. The molecule has 0 aromatic carbocycles. The molecule has 0 aromatic rings. The minimum Gasteiger partial charge on any atom is -0.394 e. The molecule has 2 saturated heterocycles. The summed E-state index contributed by atoms with van der Waals surface area (Å²) in [6.07, 6.45) is -10.6. The lowest BCUT2D eigenvalue weighted by atomic mass is 9.96. The first-order chi connectivity index (χ1) is 14.3. The SMILES string of the molecule is CCC(CC)COC1C(CO)OC(OC2C(CO)OC(NC)C(O)C2O)C(O)C1O. The van der Waals surface area contributed by atoms with Gasteiger partial charge in [-0.2, -0.15) is 0 Å². The van der Waals surface area contributed by atoms with Gasteiger partial charge in [-0.1, -0.05) is 26.7 Å². The summed E-state index contributed by atoms with van der Waals surface area (Å²) in [5.41, 5.74) is 0. The fraction of sp³-hybridized carbons (Fsp3) is 1.00. The van der Waals surface area contributed by atoms with Crippen LogP contribution in [0.15, 0.2) is 0 Å². The standard InChI is InChI=1S/C19H37NO10/c1-4-9(5-2)8-27-16-10(6-21)29-19(15(26)13(16)24)30-17-11(7-22)28-18(20-3)14(25)12(17)23/h9-26H,4-8H2,1-3H3. The van der Waals surface area contributed by atoms with Crippen molar-refractivity contribution in [1.82, 2.24) is 5.32 Å². The monoisotopic (exact) mass is 439 g/mol. The second-order valence-electron chi connectivity index (χ2n) is 7.84. The molecule has 2 rings (SSSR count). The molecule has 2 aliphatic heterocycles. The van der Waals surface area contributed by atoms with Gasteiger partial charge in [-0.15, -0.1) is 0 Å². The summed E-state index contributed by atoms with van der Waals surface area (Å²) < 4.78 is 22.5. The number of ether oxygens (including phenoxy) is 4. The van der Waals surface area contributed by atoms with E-state index in [9.17, 15) is 30.6 Å². The van der Waals surface area contributed by atoms with Gasteiger partial charge in [0.05, 0.1) is 19.8 Å². The molecule has 0 saturated carbocycles. The Hall–Kier alpha value is -0.440. The van der Waals surface area contributed by atoms with Crippen LogP contribution in [0.1, 0.15) is 26.7 Å². The average molecular weight is 440 g/mol. The molecule has 0 spiro atoms. The Bertz CT molecular complexity index is 492. The van der Waals surface area contributed by atoms with Crippen molar-refractivity contribution in [3.05, 3.63) is 0 Å². The molecule has 0 bridgehead atoms. The van der Waals surface area contributed by atoms with Gasteiger partial charge in [0.25, 0.3) is 0 Å². The Kier molecular flexibility index (Phi) is 10.3. The van der Waals surface area contributed by atoms with Crippen LogP contribution < -0.4 is 5.32 Å². The maximum atomic E-state index is 10.6. The van der Waals surface area contributed by atoms with E-state index < -0.39 is 74.6 Å². The zero-order valence-electron chi connectivity index (χ0n) is 17.7. The Morgan fingerprint density at radius 2 is 1.40 bits per heavy atom. The van der Waals surface area contributed by atoms with Crippen molar-refractivity contribution in [2.45, 2.75) is 88.0 Å². The van der Waals surface area contributed by atoms with Crippen molar-refractivity contribution in [3.8, 4) is 0 Å². The topological polar surface area (TPSA) is 170 Å². The number of hydrogen-bond donors (Lipinski definition) is 7.